The molecule has 2 aromatic heterocycles. The Morgan fingerprint density at radius 1 is 0.968 bits per heavy atom. The second-order valence-corrected chi connectivity index (χ2v) is 8.13. The maximum atomic E-state index is 13.0. The highest BCUT2D eigenvalue weighted by molar-refractivity contribution is 5.96. The van der Waals surface area contributed by atoms with E-state index in [2.05, 4.69) is 39.4 Å². The van der Waals surface area contributed by atoms with Crippen LogP contribution in [0.2, 0.25) is 0 Å². The first kappa shape index (κ1) is 20.8. The van der Waals surface area contributed by atoms with Crippen molar-refractivity contribution in [2.75, 3.05) is 36.4 Å². The monoisotopic (exact) mass is 419 g/mol. The highest BCUT2D eigenvalue weighted by Crippen LogP contribution is 2.21. The Bertz CT molecular complexity index is 1100. The molecular formula is C23H29N7O. The van der Waals surface area contributed by atoms with Crippen molar-refractivity contribution in [1.29, 1.82) is 0 Å². The predicted octanol–water partition coefficient (Wildman–Crippen LogP) is 3.15. The average Bonchev–Trinajstić information content (AvgIpc) is 3.00. The number of rotatable bonds is 4. The van der Waals surface area contributed by atoms with Gasteiger partial charge in [0.25, 0.3) is 5.91 Å². The minimum Gasteiger partial charge on any atom is -0.340 e. The van der Waals surface area contributed by atoms with Crippen LogP contribution in [0.5, 0.6) is 0 Å². The molecule has 0 spiro atoms. The van der Waals surface area contributed by atoms with Gasteiger partial charge in [-0.05, 0) is 39.8 Å². The summed E-state index contributed by atoms with van der Waals surface area (Å²) in [5, 5.41) is 7.74. The van der Waals surface area contributed by atoms with E-state index in [1.165, 1.54) is 5.56 Å². The number of nitrogens with zero attached hydrogens (tertiary/aromatic N) is 6. The molecule has 1 aliphatic heterocycles. The first-order chi connectivity index (χ1) is 14.8. The minimum atomic E-state index is 0.0506. The zero-order chi connectivity index (χ0) is 22.1. The van der Waals surface area contributed by atoms with Crippen molar-refractivity contribution in [1.82, 2.24) is 24.6 Å². The van der Waals surface area contributed by atoms with Crippen molar-refractivity contribution < 1.29 is 4.79 Å². The van der Waals surface area contributed by atoms with Gasteiger partial charge in [-0.15, -0.1) is 0 Å². The average molecular weight is 420 g/mol. The summed E-state index contributed by atoms with van der Waals surface area (Å²) in [7, 11) is 1.87. The summed E-state index contributed by atoms with van der Waals surface area (Å²) in [6, 6.07) is 10.2. The van der Waals surface area contributed by atoms with Crippen molar-refractivity contribution in [3.8, 4) is 0 Å². The smallest absolute Gasteiger partial charge is 0.257 e. The molecule has 1 aliphatic rings. The molecule has 3 heterocycles. The maximum Gasteiger partial charge on any atom is 0.257 e. The van der Waals surface area contributed by atoms with E-state index < -0.39 is 0 Å². The summed E-state index contributed by atoms with van der Waals surface area (Å²) < 4.78 is 1.77. The molecule has 0 aliphatic carbocycles. The van der Waals surface area contributed by atoms with Crippen LogP contribution in [0.1, 0.15) is 33.0 Å². The van der Waals surface area contributed by atoms with Gasteiger partial charge in [0.15, 0.2) is 0 Å². The zero-order valence-electron chi connectivity index (χ0n) is 18.8. The normalized spacial score (nSPS) is 14.1. The Balaban J connectivity index is 1.45. The third-order valence-electron chi connectivity index (χ3n) is 5.74. The van der Waals surface area contributed by atoms with Gasteiger partial charge >= 0.3 is 0 Å². The van der Waals surface area contributed by atoms with E-state index in [-0.39, 0.29) is 5.91 Å². The molecule has 4 rings (SSSR count). The number of benzene rings is 1. The van der Waals surface area contributed by atoms with E-state index in [9.17, 15) is 4.79 Å². The number of hydrogen-bond acceptors (Lipinski definition) is 6. The number of nitrogens with one attached hydrogen (secondary N) is 1. The number of anilines is 3. The Labute approximate surface area is 182 Å². The SMILES string of the molecule is Cc1ccc(Nc2cc(C)nc(N3CCN(C(=O)c4c(C)nn(C)c4C)CC3)n2)cc1. The van der Waals surface area contributed by atoms with Crippen LogP contribution in [0.3, 0.4) is 0 Å². The van der Waals surface area contributed by atoms with Gasteiger partial charge < -0.3 is 15.1 Å². The molecule has 3 aromatic rings. The Morgan fingerprint density at radius 2 is 1.65 bits per heavy atom. The maximum absolute atomic E-state index is 13.0. The van der Waals surface area contributed by atoms with Crippen molar-refractivity contribution in [3.63, 3.8) is 0 Å². The first-order valence-corrected chi connectivity index (χ1v) is 10.6. The van der Waals surface area contributed by atoms with E-state index in [0.29, 0.717) is 37.7 Å². The van der Waals surface area contributed by atoms with Gasteiger partial charge in [-0.25, -0.2) is 4.98 Å². The van der Waals surface area contributed by atoms with Gasteiger partial charge in [0.05, 0.1) is 11.3 Å². The summed E-state index contributed by atoms with van der Waals surface area (Å²) in [6.45, 7) is 10.5. The highest BCUT2D eigenvalue weighted by Gasteiger charge is 2.27. The molecule has 1 N–H and O–H groups in total. The molecule has 0 bridgehead atoms. The van der Waals surface area contributed by atoms with Crippen LogP contribution >= 0.6 is 0 Å². The lowest BCUT2D eigenvalue weighted by Crippen LogP contribution is -2.49. The lowest BCUT2D eigenvalue weighted by atomic mass is 10.1. The largest absolute Gasteiger partial charge is 0.340 e. The second-order valence-electron chi connectivity index (χ2n) is 8.13. The first-order valence-electron chi connectivity index (χ1n) is 10.6. The number of aryl methyl sites for hydroxylation is 4. The van der Waals surface area contributed by atoms with E-state index in [0.717, 1.165) is 28.6 Å². The molecule has 31 heavy (non-hydrogen) atoms. The lowest BCUT2D eigenvalue weighted by Gasteiger charge is -2.35. The molecule has 0 saturated carbocycles. The number of piperazine rings is 1. The summed E-state index contributed by atoms with van der Waals surface area (Å²) in [4.78, 5) is 26.4. The number of aromatic nitrogens is 4. The lowest BCUT2D eigenvalue weighted by molar-refractivity contribution is 0.0744. The van der Waals surface area contributed by atoms with Gasteiger partial charge in [0.2, 0.25) is 5.95 Å². The highest BCUT2D eigenvalue weighted by atomic mass is 16.2. The molecule has 8 heteroatoms. The van der Waals surface area contributed by atoms with E-state index >= 15 is 0 Å². The number of carbonyl (C=O) groups is 1. The van der Waals surface area contributed by atoms with Crippen LogP contribution in [0.25, 0.3) is 0 Å². The number of carbonyl (C=O) groups excluding carboxylic acids is 1. The van der Waals surface area contributed by atoms with Crippen molar-refractivity contribution in [2.45, 2.75) is 27.7 Å². The second kappa shape index (κ2) is 8.37. The molecule has 8 nitrogen and oxygen atoms in total. The molecule has 1 aromatic carbocycles. The van der Waals surface area contributed by atoms with Gasteiger partial charge in [-0.1, -0.05) is 17.7 Å². The van der Waals surface area contributed by atoms with Crippen molar-refractivity contribution in [3.05, 3.63) is 58.5 Å². The van der Waals surface area contributed by atoms with E-state index in [1.807, 2.05) is 50.9 Å². The fraction of sp³-hybridized carbons (Fsp3) is 0.391. The van der Waals surface area contributed by atoms with Gasteiger partial charge in [-0.3, -0.25) is 9.48 Å². The quantitative estimate of drug-likeness (QED) is 0.700. The van der Waals surface area contributed by atoms with Crippen LogP contribution in [0, 0.1) is 27.7 Å². The minimum absolute atomic E-state index is 0.0506. The molecule has 0 atom stereocenters. The molecule has 1 saturated heterocycles. The number of amides is 1. The summed E-state index contributed by atoms with van der Waals surface area (Å²) in [5.41, 5.74) is 5.51. The Hall–Kier alpha value is -3.42. The van der Waals surface area contributed by atoms with E-state index in [1.54, 1.807) is 4.68 Å². The van der Waals surface area contributed by atoms with Gasteiger partial charge in [0, 0.05) is 56.4 Å². The van der Waals surface area contributed by atoms with Gasteiger partial charge in [-0.2, -0.15) is 10.1 Å². The standard InChI is InChI=1S/C23H29N7O/c1-15-6-8-19(9-7-15)25-20-14-16(2)24-23(26-20)30-12-10-29(11-13-30)22(31)21-17(3)27-28(5)18(21)4/h6-9,14H,10-13H2,1-5H3,(H,24,25,26). The predicted molar refractivity (Wildman–Crippen MR) is 122 cm³/mol. The topological polar surface area (TPSA) is 79.2 Å². The third-order valence-corrected chi connectivity index (χ3v) is 5.74. The van der Waals surface area contributed by atoms with Crippen LogP contribution in [0.15, 0.2) is 30.3 Å². The van der Waals surface area contributed by atoms with Crippen LogP contribution in [0.4, 0.5) is 17.5 Å². The zero-order valence-corrected chi connectivity index (χ0v) is 18.8. The molecule has 0 unspecified atom stereocenters. The Kier molecular flexibility index (Phi) is 5.63. The van der Waals surface area contributed by atoms with Crippen molar-refractivity contribution in [2.24, 2.45) is 7.05 Å². The molecule has 1 fully saturated rings. The fourth-order valence-electron chi connectivity index (χ4n) is 3.89. The third kappa shape index (κ3) is 4.38. The fourth-order valence-corrected chi connectivity index (χ4v) is 3.89. The summed E-state index contributed by atoms with van der Waals surface area (Å²) >= 11 is 0. The molecule has 1 amide bonds. The van der Waals surface area contributed by atoms with Crippen molar-refractivity contribution >= 4 is 23.4 Å². The van der Waals surface area contributed by atoms with Crippen LogP contribution in [-0.4, -0.2) is 56.7 Å². The molecule has 162 valence electrons. The summed E-state index contributed by atoms with van der Waals surface area (Å²) in [5.74, 6) is 1.51. The van der Waals surface area contributed by atoms with Crippen LogP contribution < -0.4 is 10.2 Å². The Morgan fingerprint density at radius 3 is 2.26 bits per heavy atom. The van der Waals surface area contributed by atoms with E-state index in [4.69, 9.17) is 4.98 Å². The summed E-state index contributed by atoms with van der Waals surface area (Å²) in [6.07, 6.45) is 0. The number of hydrogen-bond donors (Lipinski definition) is 1. The molecule has 0 radical (unpaired) electrons. The van der Waals surface area contributed by atoms with Gasteiger partial charge in [0.1, 0.15) is 5.82 Å². The molecular weight excluding hydrogens is 390 g/mol. The van der Waals surface area contributed by atoms with Crippen LogP contribution in [-0.2, 0) is 7.05 Å².